The van der Waals surface area contributed by atoms with Crippen LogP contribution >= 0.6 is 11.6 Å². The van der Waals surface area contributed by atoms with Gasteiger partial charge in [0, 0.05) is 24.2 Å². The summed E-state index contributed by atoms with van der Waals surface area (Å²) < 4.78 is 10.7. The van der Waals surface area contributed by atoms with Crippen molar-refractivity contribution in [3.8, 4) is 11.5 Å². The average Bonchev–Trinajstić information content (AvgIpc) is 2.72. The van der Waals surface area contributed by atoms with Crippen molar-refractivity contribution in [1.29, 1.82) is 0 Å². The number of carbonyl (C=O) groups excluding carboxylic acids is 1. The van der Waals surface area contributed by atoms with Gasteiger partial charge in [-0.3, -0.25) is 4.79 Å². The first kappa shape index (κ1) is 20.0. The number of halogens is 1. The molecule has 0 unspecified atom stereocenters. The summed E-state index contributed by atoms with van der Waals surface area (Å²) in [4.78, 5) is 14.7. The van der Waals surface area contributed by atoms with E-state index in [-0.39, 0.29) is 11.8 Å². The van der Waals surface area contributed by atoms with Crippen LogP contribution in [0.4, 0.5) is 0 Å². The predicted octanol–water partition coefficient (Wildman–Crippen LogP) is 5.27. The fourth-order valence-electron chi connectivity index (χ4n) is 3.32. The fourth-order valence-corrected chi connectivity index (χ4v) is 3.51. The van der Waals surface area contributed by atoms with E-state index >= 15 is 0 Å². The summed E-state index contributed by atoms with van der Waals surface area (Å²) in [6, 6.07) is 17.4. The van der Waals surface area contributed by atoms with Crippen LogP contribution in [-0.4, -0.2) is 32.1 Å². The Morgan fingerprint density at radius 3 is 2.43 bits per heavy atom. The molecule has 1 atom stereocenters. The third-order valence-electron chi connectivity index (χ3n) is 4.97. The van der Waals surface area contributed by atoms with Gasteiger partial charge in [0.05, 0.1) is 20.1 Å². The molecule has 3 aromatic carbocycles. The Balaban J connectivity index is 1.80. The molecule has 28 heavy (non-hydrogen) atoms. The summed E-state index contributed by atoms with van der Waals surface area (Å²) in [7, 11) is 5.06. The predicted molar refractivity (Wildman–Crippen MR) is 113 cm³/mol. The number of ether oxygens (including phenoxy) is 2. The molecule has 0 spiro atoms. The Bertz CT molecular complexity index is 1000. The number of benzene rings is 3. The van der Waals surface area contributed by atoms with E-state index < -0.39 is 0 Å². The van der Waals surface area contributed by atoms with Crippen molar-refractivity contribution < 1.29 is 14.3 Å². The maximum Gasteiger partial charge on any atom is 0.229 e. The molecule has 0 aliphatic rings. The maximum atomic E-state index is 13.0. The molecule has 0 aliphatic heterocycles. The molecule has 0 heterocycles. The smallest absolute Gasteiger partial charge is 0.229 e. The van der Waals surface area contributed by atoms with Crippen LogP contribution in [0.25, 0.3) is 10.8 Å². The lowest BCUT2D eigenvalue weighted by atomic mass is 9.96. The third kappa shape index (κ3) is 4.23. The van der Waals surface area contributed by atoms with Crippen LogP contribution in [0.15, 0.2) is 54.6 Å². The molecule has 0 radical (unpaired) electrons. The van der Waals surface area contributed by atoms with Gasteiger partial charge in [-0.05, 0) is 53.6 Å². The van der Waals surface area contributed by atoms with Crippen molar-refractivity contribution in [2.45, 2.75) is 19.4 Å². The second-order valence-corrected chi connectivity index (χ2v) is 7.28. The number of hydrogen-bond donors (Lipinski definition) is 0. The van der Waals surface area contributed by atoms with Gasteiger partial charge in [0.15, 0.2) is 0 Å². The molecule has 0 aliphatic carbocycles. The summed E-state index contributed by atoms with van der Waals surface area (Å²) in [5.74, 6) is 1.31. The van der Waals surface area contributed by atoms with Crippen molar-refractivity contribution in [2.24, 2.45) is 0 Å². The van der Waals surface area contributed by atoms with E-state index in [1.165, 1.54) is 0 Å². The lowest BCUT2D eigenvalue weighted by Crippen LogP contribution is -2.30. The summed E-state index contributed by atoms with van der Waals surface area (Å²) >= 11 is 6.10. The number of fused-ring (bicyclic) bond motifs is 1. The summed E-state index contributed by atoms with van der Waals surface area (Å²) in [5, 5.41) is 2.78. The van der Waals surface area contributed by atoms with Crippen molar-refractivity contribution >= 4 is 28.3 Å². The molecule has 0 saturated heterocycles. The molecule has 1 amide bonds. The number of carbonyl (C=O) groups is 1. The standard InChI is InChI=1S/C23H24ClNO3/c1-15(16-5-6-18-13-21(27-3)9-7-17(18)11-16)23(26)25(2)14-19-12-20(24)8-10-22(19)28-4/h5-13,15H,14H2,1-4H3/t15-/m0/s1. The number of amides is 1. The van der Waals surface area contributed by atoms with Gasteiger partial charge in [0.1, 0.15) is 11.5 Å². The van der Waals surface area contributed by atoms with E-state index in [4.69, 9.17) is 21.1 Å². The first-order valence-electron chi connectivity index (χ1n) is 9.08. The Morgan fingerprint density at radius 1 is 1.00 bits per heavy atom. The second-order valence-electron chi connectivity index (χ2n) is 6.84. The zero-order valence-corrected chi connectivity index (χ0v) is 17.3. The largest absolute Gasteiger partial charge is 0.497 e. The lowest BCUT2D eigenvalue weighted by molar-refractivity contribution is -0.131. The van der Waals surface area contributed by atoms with E-state index in [2.05, 4.69) is 6.07 Å². The number of likely N-dealkylation sites (N-methyl/N-ethyl adjacent to an activating group) is 1. The van der Waals surface area contributed by atoms with E-state index in [9.17, 15) is 4.79 Å². The highest BCUT2D eigenvalue weighted by atomic mass is 35.5. The molecule has 0 saturated carbocycles. The fraction of sp³-hybridized carbons (Fsp3) is 0.261. The highest BCUT2D eigenvalue weighted by molar-refractivity contribution is 6.30. The SMILES string of the molecule is COc1ccc2cc([C@H](C)C(=O)N(C)Cc3cc(Cl)ccc3OC)ccc2c1. The van der Waals surface area contributed by atoms with Crippen molar-refractivity contribution in [2.75, 3.05) is 21.3 Å². The van der Waals surface area contributed by atoms with Crippen molar-refractivity contribution in [3.63, 3.8) is 0 Å². The van der Waals surface area contributed by atoms with E-state index in [1.54, 1.807) is 32.2 Å². The minimum absolute atomic E-state index is 0.0369. The van der Waals surface area contributed by atoms with Crippen LogP contribution in [0.5, 0.6) is 11.5 Å². The molecular formula is C23H24ClNO3. The maximum absolute atomic E-state index is 13.0. The Kier molecular flexibility index (Phi) is 6.10. The van der Waals surface area contributed by atoms with Gasteiger partial charge < -0.3 is 14.4 Å². The van der Waals surface area contributed by atoms with Crippen LogP contribution in [0.2, 0.25) is 5.02 Å². The summed E-state index contributed by atoms with van der Waals surface area (Å²) in [6.07, 6.45) is 0. The van der Waals surface area contributed by atoms with Gasteiger partial charge >= 0.3 is 0 Å². The normalized spacial score (nSPS) is 11.9. The molecule has 4 nitrogen and oxygen atoms in total. The Morgan fingerprint density at radius 2 is 1.71 bits per heavy atom. The number of nitrogens with zero attached hydrogens (tertiary/aromatic N) is 1. The molecule has 0 N–H and O–H groups in total. The van der Waals surface area contributed by atoms with Crippen LogP contribution in [0.1, 0.15) is 24.0 Å². The first-order valence-corrected chi connectivity index (χ1v) is 9.46. The van der Waals surface area contributed by atoms with Crippen molar-refractivity contribution in [3.05, 3.63) is 70.7 Å². The molecule has 0 aromatic heterocycles. The highest BCUT2D eigenvalue weighted by Gasteiger charge is 2.21. The number of methoxy groups -OCH3 is 2. The van der Waals surface area contributed by atoms with E-state index in [0.717, 1.165) is 33.4 Å². The Hall–Kier alpha value is -2.72. The number of hydrogen-bond acceptors (Lipinski definition) is 3. The lowest BCUT2D eigenvalue weighted by Gasteiger charge is -2.23. The molecule has 0 fully saturated rings. The van der Waals surface area contributed by atoms with E-state index in [1.807, 2.05) is 49.4 Å². The van der Waals surface area contributed by atoms with Crippen LogP contribution in [0, 0.1) is 0 Å². The summed E-state index contributed by atoms with van der Waals surface area (Å²) in [5.41, 5.74) is 1.86. The first-order chi connectivity index (χ1) is 13.4. The van der Waals surface area contributed by atoms with Crippen LogP contribution < -0.4 is 9.47 Å². The van der Waals surface area contributed by atoms with Crippen molar-refractivity contribution in [1.82, 2.24) is 4.90 Å². The molecular weight excluding hydrogens is 374 g/mol. The average molecular weight is 398 g/mol. The second kappa shape index (κ2) is 8.53. The van der Waals surface area contributed by atoms with Crippen LogP contribution in [0.3, 0.4) is 0 Å². The topological polar surface area (TPSA) is 38.8 Å². The third-order valence-corrected chi connectivity index (χ3v) is 5.20. The monoisotopic (exact) mass is 397 g/mol. The van der Waals surface area contributed by atoms with Gasteiger partial charge in [-0.25, -0.2) is 0 Å². The zero-order chi connectivity index (χ0) is 20.3. The molecule has 5 heteroatoms. The van der Waals surface area contributed by atoms with Gasteiger partial charge in [0.25, 0.3) is 0 Å². The molecule has 3 aromatic rings. The minimum Gasteiger partial charge on any atom is -0.497 e. The minimum atomic E-state index is -0.262. The van der Waals surface area contributed by atoms with Gasteiger partial charge in [-0.15, -0.1) is 0 Å². The molecule has 0 bridgehead atoms. The molecule has 3 rings (SSSR count). The van der Waals surface area contributed by atoms with Gasteiger partial charge in [-0.1, -0.05) is 35.9 Å². The quantitative estimate of drug-likeness (QED) is 0.568. The summed E-state index contributed by atoms with van der Waals surface area (Å²) in [6.45, 7) is 2.36. The van der Waals surface area contributed by atoms with Crippen LogP contribution in [-0.2, 0) is 11.3 Å². The Labute approximate surface area is 170 Å². The zero-order valence-electron chi connectivity index (χ0n) is 16.5. The van der Waals surface area contributed by atoms with E-state index in [0.29, 0.717) is 11.6 Å². The van der Waals surface area contributed by atoms with Gasteiger partial charge in [-0.2, -0.15) is 0 Å². The molecule has 146 valence electrons. The van der Waals surface area contributed by atoms with Gasteiger partial charge in [0.2, 0.25) is 5.91 Å². The number of rotatable bonds is 6. The highest BCUT2D eigenvalue weighted by Crippen LogP contribution is 2.28.